The Labute approximate surface area is 190 Å². The maximum atomic E-state index is 13.1. The van der Waals surface area contributed by atoms with Gasteiger partial charge in [0, 0.05) is 24.3 Å². The van der Waals surface area contributed by atoms with E-state index in [1.165, 1.54) is 13.0 Å². The summed E-state index contributed by atoms with van der Waals surface area (Å²) in [6.07, 6.45) is 1.48. The fraction of sp³-hybridized carbons (Fsp3) is 0.417. The number of fused-ring (bicyclic) bond motifs is 1. The number of nitrogens with one attached hydrogen (secondary N) is 2. The van der Waals surface area contributed by atoms with Gasteiger partial charge in [-0.1, -0.05) is 32.9 Å². The number of amides is 2. The number of benzene rings is 2. The summed E-state index contributed by atoms with van der Waals surface area (Å²) in [5.74, 6) is -0.749. The van der Waals surface area contributed by atoms with Crippen LogP contribution in [0.15, 0.2) is 47.4 Å². The molecule has 1 aliphatic heterocycles. The van der Waals surface area contributed by atoms with E-state index in [0.717, 1.165) is 23.2 Å². The second kappa shape index (κ2) is 9.42. The number of nitrogens with zero attached hydrogens (tertiary/aromatic N) is 1. The van der Waals surface area contributed by atoms with Crippen LogP contribution in [0.4, 0.5) is 11.4 Å². The second-order valence-corrected chi connectivity index (χ2v) is 10.3. The van der Waals surface area contributed by atoms with E-state index in [4.69, 9.17) is 0 Å². The maximum absolute atomic E-state index is 13.1. The van der Waals surface area contributed by atoms with Gasteiger partial charge in [0.2, 0.25) is 21.8 Å². The molecule has 2 amide bonds. The third-order valence-corrected chi connectivity index (χ3v) is 7.22. The zero-order chi connectivity index (χ0) is 23.6. The Morgan fingerprint density at radius 3 is 2.34 bits per heavy atom. The summed E-state index contributed by atoms with van der Waals surface area (Å²) in [6, 6.07) is 11.3. The molecule has 0 saturated heterocycles. The van der Waals surface area contributed by atoms with Crippen molar-refractivity contribution in [3.8, 4) is 0 Å². The summed E-state index contributed by atoms with van der Waals surface area (Å²) >= 11 is 0. The summed E-state index contributed by atoms with van der Waals surface area (Å²) in [5.41, 5.74) is 3.31. The van der Waals surface area contributed by atoms with E-state index < -0.39 is 22.0 Å². The zero-order valence-electron chi connectivity index (χ0n) is 19.2. The van der Waals surface area contributed by atoms with Crippen molar-refractivity contribution in [1.29, 1.82) is 0 Å². The van der Waals surface area contributed by atoms with Crippen LogP contribution in [0.3, 0.4) is 0 Å². The number of aryl methyl sites for hydroxylation is 1. The van der Waals surface area contributed by atoms with E-state index in [1.807, 2.05) is 31.2 Å². The molecule has 0 saturated carbocycles. The SMILES string of the molecule is CCc1ccc(NC(=O)[C@@H](NS(=O)(=O)c2ccc3c(c2)C[C@H](C)N3C(C)=O)C(C)C)cc1. The van der Waals surface area contributed by atoms with E-state index in [-0.39, 0.29) is 22.8 Å². The number of anilines is 2. The van der Waals surface area contributed by atoms with Gasteiger partial charge in [0.1, 0.15) is 6.04 Å². The van der Waals surface area contributed by atoms with Crippen LogP contribution in [0.2, 0.25) is 0 Å². The predicted molar refractivity (Wildman–Crippen MR) is 126 cm³/mol. The van der Waals surface area contributed by atoms with Gasteiger partial charge >= 0.3 is 0 Å². The summed E-state index contributed by atoms with van der Waals surface area (Å²) in [5, 5.41) is 2.80. The van der Waals surface area contributed by atoms with Crippen molar-refractivity contribution in [3.63, 3.8) is 0 Å². The Morgan fingerprint density at radius 1 is 1.12 bits per heavy atom. The topological polar surface area (TPSA) is 95.6 Å². The summed E-state index contributed by atoms with van der Waals surface area (Å²) in [4.78, 5) is 26.6. The van der Waals surface area contributed by atoms with Crippen LogP contribution >= 0.6 is 0 Å². The van der Waals surface area contributed by atoms with Gasteiger partial charge in [0.25, 0.3) is 0 Å². The monoisotopic (exact) mass is 457 g/mol. The van der Waals surface area contributed by atoms with Gasteiger partial charge in [-0.25, -0.2) is 8.42 Å². The summed E-state index contributed by atoms with van der Waals surface area (Å²) < 4.78 is 28.8. The van der Waals surface area contributed by atoms with Crippen LogP contribution in [0, 0.1) is 5.92 Å². The lowest BCUT2D eigenvalue weighted by Gasteiger charge is -2.22. The minimum absolute atomic E-state index is 0.0262. The van der Waals surface area contributed by atoms with Crippen LogP contribution in [-0.4, -0.2) is 32.3 Å². The highest BCUT2D eigenvalue weighted by molar-refractivity contribution is 7.89. The minimum Gasteiger partial charge on any atom is -0.325 e. The van der Waals surface area contributed by atoms with Gasteiger partial charge < -0.3 is 10.2 Å². The Morgan fingerprint density at radius 2 is 1.78 bits per heavy atom. The Balaban J connectivity index is 1.80. The van der Waals surface area contributed by atoms with Crippen LogP contribution in [0.25, 0.3) is 0 Å². The first-order valence-electron chi connectivity index (χ1n) is 10.9. The number of sulfonamides is 1. The lowest BCUT2D eigenvalue weighted by molar-refractivity contribution is -0.118. The molecule has 1 heterocycles. The molecule has 0 aromatic heterocycles. The van der Waals surface area contributed by atoms with E-state index in [0.29, 0.717) is 12.1 Å². The Kier molecular flexibility index (Phi) is 7.05. The number of rotatable bonds is 7. The van der Waals surface area contributed by atoms with E-state index in [9.17, 15) is 18.0 Å². The van der Waals surface area contributed by atoms with Crippen LogP contribution in [-0.2, 0) is 32.5 Å². The molecule has 172 valence electrons. The molecule has 32 heavy (non-hydrogen) atoms. The van der Waals surface area contributed by atoms with Crippen molar-refractivity contribution in [2.45, 2.75) is 64.4 Å². The summed E-state index contributed by atoms with van der Waals surface area (Å²) in [6.45, 7) is 9.07. The highest BCUT2D eigenvalue weighted by atomic mass is 32.2. The zero-order valence-corrected chi connectivity index (χ0v) is 20.0. The third-order valence-electron chi connectivity index (χ3n) is 5.78. The van der Waals surface area contributed by atoms with Gasteiger partial charge in [-0.3, -0.25) is 9.59 Å². The fourth-order valence-corrected chi connectivity index (χ4v) is 5.42. The lowest BCUT2D eigenvalue weighted by Crippen LogP contribution is -2.47. The quantitative estimate of drug-likeness (QED) is 0.665. The molecule has 2 aromatic rings. The summed E-state index contributed by atoms with van der Waals surface area (Å²) in [7, 11) is -3.94. The third kappa shape index (κ3) is 5.02. The van der Waals surface area contributed by atoms with Gasteiger partial charge in [0.15, 0.2) is 0 Å². The molecule has 1 aliphatic rings. The van der Waals surface area contributed by atoms with E-state index in [2.05, 4.69) is 17.0 Å². The van der Waals surface area contributed by atoms with Crippen molar-refractivity contribution in [1.82, 2.24) is 4.72 Å². The first-order valence-corrected chi connectivity index (χ1v) is 12.4. The van der Waals surface area contributed by atoms with Gasteiger partial charge in [-0.15, -0.1) is 0 Å². The van der Waals surface area contributed by atoms with Crippen molar-refractivity contribution in [2.75, 3.05) is 10.2 Å². The molecule has 0 aliphatic carbocycles. The number of carbonyl (C=O) groups excluding carboxylic acids is 2. The highest BCUT2D eigenvalue weighted by Gasteiger charge is 2.32. The molecule has 2 atom stereocenters. The first kappa shape index (κ1) is 23.9. The number of hydrogen-bond acceptors (Lipinski definition) is 4. The molecule has 3 rings (SSSR count). The molecule has 0 unspecified atom stereocenters. The van der Waals surface area contributed by atoms with Crippen molar-refractivity contribution in [2.24, 2.45) is 5.92 Å². The standard InChI is InChI=1S/C24H31N3O4S/c1-6-18-7-9-20(10-8-18)25-24(29)23(15(2)3)26-32(30,31)21-11-12-22-19(14-21)13-16(4)27(22)17(5)28/h7-12,14-16,23,26H,6,13H2,1-5H3,(H,25,29)/t16-,23-/m0/s1. The minimum atomic E-state index is -3.94. The Bertz CT molecular complexity index is 1110. The molecule has 0 spiro atoms. The fourth-order valence-electron chi connectivity index (χ4n) is 4.03. The largest absolute Gasteiger partial charge is 0.325 e. The van der Waals surface area contributed by atoms with Crippen molar-refractivity contribution >= 4 is 33.2 Å². The van der Waals surface area contributed by atoms with Gasteiger partial charge in [0.05, 0.1) is 4.90 Å². The molecule has 2 N–H and O–H groups in total. The second-order valence-electron chi connectivity index (χ2n) is 8.62. The van der Waals surface area contributed by atoms with Gasteiger partial charge in [-0.05, 0) is 67.1 Å². The average molecular weight is 458 g/mol. The van der Waals surface area contributed by atoms with Crippen LogP contribution < -0.4 is 14.9 Å². The highest BCUT2D eigenvalue weighted by Crippen LogP contribution is 2.34. The normalized spacial score (nSPS) is 16.7. The molecule has 0 fully saturated rings. The van der Waals surface area contributed by atoms with Crippen molar-refractivity contribution < 1.29 is 18.0 Å². The molecule has 0 bridgehead atoms. The number of hydrogen-bond donors (Lipinski definition) is 2. The number of carbonyl (C=O) groups is 2. The smallest absolute Gasteiger partial charge is 0.242 e. The predicted octanol–water partition coefficient (Wildman–Crippen LogP) is 3.49. The van der Waals surface area contributed by atoms with Crippen LogP contribution in [0.5, 0.6) is 0 Å². The van der Waals surface area contributed by atoms with Crippen molar-refractivity contribution in [3.05, 3.63) is 53.6 Å². The van der Waals surface area contributed by atoms with E-state index >= 15 is 0 Å². The molecule has 0 radical (unpaired) electrons. The Hall–Kier alpha value is -2.71. The van der Waals surface area contributed by atoms with Gasteiger partial charge in [-0.2, -0.15) is 4.72 Å². The molecular weight excluding hydrogens is 426 g/mol. The first-order chi connectivity index (χ1) is 15.0. The van der Waals surface area contributed by atoms with E-state index in [1.54, 1.807) is 30.9 Å². The molecule has 7 nitrogen and oxygen atoms in total. The average Bonchev–Trinajstić information content (AvgIpc) is 3.07. The lowest BCUT2D eigenvalue weighted by atomic mass is 10.0. The van der Waals surface area contributed by atoms with Crippen LogP contribution in [0.1, 0.15) is 45.7 Å². The molecular formula is C24H31N3O4S. The molecule has 8 heteroatoms. The maximum Gasteiger partial charge on any atom is 0.242 e. The molecule has 2 aromatic carbocycles.